The number of nitrogens with zero attached hydrogens (tertiary/aromatic N) is 3. The molecule has 5 nitrogen and oxygen atoms in total. The van der Waals surface area contributed by atoms with Crippen LogP contribution in [0.1, 0.15) is 11.3 Å². The lowest BCUT2D eigenvalue weighted by Crippen LogP contribution is -2.39. The molecule has 3 heterocycles. The number of hydrogen-bond donors (Lipinski definition) is 0. The quantitative estimate of drug-likeness (QED) is 0.794. The Hall–Kier alpha value is -2.56. The minimum absolute atomic E-state index is 0.284. The number of fused-ring (bicyclic) bond motifs is 1. The van der Waals surface area contributed by atoms with E-state index in [1.807, 2.05) is 47.4 Å². The molecule has 0 N–H and O–H groups in total. The third-order valence-corrected chi connectivity index (χ3v) is 3.27. The number of carbonyl (C=O) groups excluding carboxylic acids is 1. The minimum Gasteiger partial charge on any atom is -0.466 e. The van der Waals surface area contributed by atoms with Crippen molar-refractivity contribution in [1.29, 1.82) is 0 Å². The van der Waals surface area contributed by atoms with E-state index in [-0.39, 0.29) is 5.97 Å². The molecule has 0 spiro atoms. The van der Waals surface area contributed by atoms with E-state index in [0.717, 1.165) is 11.3 Å². The van der Waals surface area contributed by atoms with Gasteiger partial charge >= 0.3 is 5.97 Å². The molecule has 0 amide bonds. The number of carbonyl (C=O) groups is 1. The van der Waals surface area contributed by atoms with E-state index in [1.165, 1.54) is 7.11 Å². The van der Waals surface area contributed by atoms with Crippen molar-refractivity contribution in [3.63, 3.8) is 0 Å². The van der Waals surface area contributed by atoms with Gasteiger partial charge in [0.2, 0.25) is 0 Å². The first-order chi connectivity index (χ1) is 9.78. The summed E-state index contributed by atoms with van der Waals surface area (Å²) in [6, 6.07) is 7.86. The van der Waals surface area contributed by atoms with Crippen molar-refractivity contribution >= 4 is 12.0 Å². The van der Waals surface area contributed by atoms with E-state index in [0.29, 0.717) is 18.7 Å². The zero-order valence-corrected chi connectivity index (χ0v) is 11.2. The van der Waals surface area contributed by atoms with Crippen molar-refractivity contribution in [3.8, 4) is 0 Å². The molecule has 20 heavy (non-hydrogen) atoms. The first-order valence-corrected chi connectivity index (χ1v) is 6.38. The van der Waals surface area contributed by atoms with Gasteiger partial charge in [-0.05, 0) is 29.8 Å². The van der Waals surface area contributed by atoms with Gasteiger partial charge in [0.25, 0.3) is 0 Å². The molecule has 1 aliphatic rings. The lowest BCUT2D eigenvalue weighted by Gasteiger charge is -2.31. The molecule has 0 saturated heterocycles. The average molecular weight is 269 g/mol. The van der Waals surface area contributed by atoms with Gasteiger partial charge < -0.3 is 9.75 Å². The summed E-state index contributed by atoms with van der Waals surface area (Å²) in [6.07, 6.45) is 7.43. The highest BCUT2D eigenvalue weighted by atomic mass is 16.5. The van der Waals surface area contributed by atoms with Gasteiger partial charge in [-0.1, -0.05) is 6.07 Å². The summed E-state index contributed by atoms with van der Waals surface area (Å²) >= 11 is 0. The van der Waals surface area contributed by atoms with Gasteiger partial charge in [-0.3, -0.25) is 9.66 Å². The number of rotatable bonds is 3. The summed E-state index contributed by atoms with van der Waals surface area (Å²) in [4.78, 5) is 15.9. The van der Waals surface area contributed by atoms with Crippen molar-refractivity contribution in [1.82, 2.24) is 9.66 Å². The van der Waals surface area contributed by atoms with E-state index in [9.17, 15) is 4.79 Å². The molecule has 0 aliphatic carbocycles. The molecule has 102 valence electrons. The number of hydrogen-bond acceptors (Lipinski definition) is 4. The molecule has 0 unspecified atom stereocenters. The molecular weight excluding hydrogens is 254 g/mol. The Morgan fingerprint density at radius 3 is 3.05 bits per heavy atom. The Morgan fingerprint density at radius 1 is 1.40 bits per heavy atom. The van der Waals surface area contributed by atoms with Crippen molar-refractivity contribution in [2.75, 3.05) is 18.7 Å². The number of pyridine rings is 1. The molecule has 5 heteroatoms. The fourth-order valence-electron chi connectivity index (χ4n) is 2.34. The van der Waals surface area contributed by atoms with Crippen LogP contribution in [0.3, 0.4) is 0 Å². The average Bonchev–Trinajstić information content (AvgIpc) is 2.96. The molecule has 0 fully saturated rings. The summed E-state index contributed by atoms with van der Waals surface area (Å²) in [5.74, 6) is -0.284. The van der Waals surface area contributed by atoms with Crippen LogP contribution in [0, 0.1) is 0 Å². The molecule has 0 atom stereocenters. The Bertz CT molecular complexity index is 646. The van der Waals surface area contributed by atoms with Gasteiger partial charge in [-0.15, -0.1) is 0 Å². The zero-order valence-electron chi connectivity index (χ0n) is 11.2. The van der Waals surface area contributed by atoms with Crippen LogP contribution >= 0.6 is 0 Å². The lowest BCUT2D eigenvalue weighted by atomic mass is 10.1. The molecular formula is C15H15N3O2. The summed E-state index contributed by atoms with van der Waals surface area (Å²) in [5, 5.41) is 2.08. The second-order valence-corrected chi connectivity index (χ2v) is 4.62. The van der Waals surface area contributed by atoms with Crippen LogP contribution in [0.4, 0.5) is 0 Å². The molecule has 1 aliphatic heterocycles. The summed E-state index contributed by atoms with van der Waals surface area (Å²) in [7, 11) is 1.41. The minimum atomic E-state index is -0.284. The van der Waals surface area contributed by atoms with E-state index < -0.39 is 0 Å². The third kappa shape index (κ3) is 2.30. The van der Waals surface area contributed by atoms with Gasteiger partial charge in [0, 0.05) is 18.6 Å². The molecule has 2 aromatic rings. The maximum Gasteiger partial charge on any atom is 0.335 e. The molecule has 0 bridgehead atoms. The first-order valence-electron chi connectivity index (χ1n) is 6.38. The standard InChI is InChI=1S/C15H15N3O2/c1-20-15(19)13-8-14-5-3-7-18(14)17(11-13)10-12-4-2-6-16-9-12/h2-9H,10-11H2,1H3. The Morgan fingerprint density at radius 2 is 2.30 bits per heavy atom. The molecule has 0 saturated carbocycles. The normalized spacial score (nSPS) is 13.7. The maximum atomic E-state index is 11.8. The number of ether oxygens (including phenoxy) is 1. The van der Waals surface area contributed by atoms with E-state index >= 15 is 0 Å². The van der Waals surface area contributed by atoms with Crippen LogP contribution in [-0.4, -0.2) is 29.3 Å². The number of methoxy groups -OCH3 is 1. The second kappa shape index (κ2) is 5.21. The van der Waals surface area contributed by atoms with Crippen LogP contribution in [0.15, 0.2) is 48.4 Å². The van der Waals surface area contributed by atoms with Crippen molar-refractivity contribution < 1.29 is 9.53 Å². The van der Waals surface area contributed by atoms with E-state index in [2.05, 4.69) is 9.99 Å². The van der Waals surface area contributed by atoms with Crippen LogP contribution < -0.4 is 5.01 Å². The number of aromatic nitrogens is 2. The summed E-state index contributed by atoms with van der Waals surface area (Å²) < 4.78 is 6.87. The van der Waals surface area contributed by atoms with E-state index in [4.69, 9.17) is 4.74 Å². The Labute approximate surface area is 117 Å². The highest BCUT2D eigenvalue weighted by Crippen LogP contribution is 2.19. The molecule has 0 radical (unpaired) electrons. The van der Waals surface area contributed by atoms with Gasteiger partial charge in [0.15, 0.2) is 0 Å². The Kier molecular flexibility index (Phi) is 3.25. The fraction of sp³-hybridized carbons (Fsp3) is 0.200. The van der Waals surface area contributed by atoms with Crippen LogP contribution in [-0.2, 0) is 16.1 Å². The SMILES string of the molecule is COC(=O)C1=Cc2cccn2N(Cc2cccnc2)C1. The topological polar surface area (TPSA) is 47.4 Å². The van der Waals surface area contributed by atoms with E-state index in [1.54, 1.807) is 6.20 Å². The third-order valence-electron chi connectivity index (χ3n) is 3.27. The number of esters is 1. The second-order valence-electron chi connectivity index (χ2n) is 4.62. The van der Waals surface area contributed by atoms with Gasteiger partial charge in [-0.25, -0.2) is 4.79 Å². The van der Waals surface area contributed by atoms with Crippen LogP contribution in [0.25, 0.3) is 6.08 Å². The first kappa shape index (κ1) is 12.5. The summed E-state index contributed by atoms with van der Waals surface area (Å²) in [5.41, 5.74) is 2.72. The van der Waals surface area contributed by atoms with Crippen molar-refractivity contribution in [2.24, 2.45) is 0 Å². The smallest absolute Gasteiger partial charge is 0.335 e. The van der Waals surface area contributed by atoms with Crippen LogP contribution in [0.5, 0.6) is 0 Å². The molecule has 0 aromatic carbocycles. The van der Waals surface area contributed by atoms with Crippen molar-refractivity contribution in [3.05, 3.63) is 59.7 Å². The zero-order chi connectivity index (χ0) is 13.9. The highest BCUT2D eigenvalue weighted by molar-refractivity contribution is 5.94. The Balaban J connectivity index is 1.89. The highest BCUT2D eigenvalue weighted by Gasteiger charge is 2.21. The fourth-order valence-corrected chi connectivity index (χ4v) is 2.34. The van der Waals surface area contributed by atoms with Gasteiger partial charge in [0.05, 0.1) is 31.5 Å². The predicted octanol–water partition coefficient (Wildman–Crippen LogP) is 1.59. The molecule has 3 rings (SSSR count). The van der Waals surface area contributed by atoms with Gasteiger partial charge in [-0.2, -0.15) is 0 Å². The summed E-state index contributed by atoms with van der Waals surface area (Å²) in [6.45, 7) is 1.20. The van der Waals surface area contributed by atoms with Crippen LogP contribution in [0.2, 0.25) is 0 Å². The lowest BCUT2D eigenvalue weighted by molar-refractivity contribution is -0.136. The monoisotopic (exact) mass is 269 g/mol. The van der Waals surface area contributed by atoms with Gasteiger partial charge in [0.1, 0.15) is 0 Å². The molecule has 2 aromatic heterocycles. The van der Waals surface area contributed by atoms with Crippen molar-refractivity contribution in [2.45, 2.75) is 6.54 Å². The largest absolute Gasteiger partial charge is 0.466 e. The predicted molar refractivity (Wildman–Crippen MR) is 75.5 cm³/mol. The maximum absolute atomic E-state index is 11.8.